The summed E-state index contributed by atoms with van der Waals surface area (Å²) in [6.45, 7) is -1.05. The first-order chi connectivity index (χ1) is 7.00. The fraction of sp³-hybridized carbons (Fsp3) is 1.00. The van der Waals surface area contributed by atoms with E-state index >= 15 is 0 Å². The van der Waals surface area contributed by atoms with Crippen molar-refractivity contribution in [3.63, 3.8) is 0 Å². The van der Waals surface area contributed by atoms with Crippen LogP contribution in [-0.4, -0.2) is 30.3 Å². The van der Waals surface area contributed by atoms with Crippen LogP contribution in [0.1, 0.15) is 0 Å². The highest BCUT2D eigenvalue weighted by atomic mass is 31.2. The van der Waals surface area contributed by atoms with E-state index in [1.54, 1.807) is 0 Å². The topological polar surface area (TPSA) is 0 Å². The van der Waals surface area contributed by atoms with Gasteiger partial charge in [-0.3, -0.25) is 0 Å². The number of hydrogen-bond donors (Lipinski definition) is 0. The van der Waals surface area contributed by atoms with Crippen LogP contribution in [0.15, 0.2) is 0 Å². The molecule has 0 N–H and O–H groups in total. The lowest BCUT2D eigenvalue weighted by Crippen LogP contribution is -2.48. The molecule has 0 aromatic carbocycles. The van der Waals surface area contributed by atoms with Gasteiger partial charge in [0.15, 0.2) is 0 Å². The molecule has 0 spiro atoms. The van der Waals surface area contributed by atoms with Gasteiger partial charge in [0.05, 0.1) is 6.66 Å². The Bertz CT molecular complexity index is 255. The third-order valence-electron chi connectivity index (χ3n) is 1.74. The second kappa shape index (κ2) is 3.83. The largest absolute Gasteiger partial charge is 0.497 e. The van der Waals surface area contributed by atoms with E-state index in [0.717, 1.165) is 0 Å². The normalized spacial score (nSPS) is 16.2. The molecule has 0 aromatic heterocycles. The van der Waals surface area contributed by atoms with Gasteiger partial charge in [-0.25, -0.2) is 0 Å². The predicted octanol–water partition coefficient (Wildman–Crippen LogP) is 4.83. The molecule has 12 heteroatoms. The van der Waals surface area contributed by atoms with Gasteiger partial charge in [0.1, 0.15) is 0 Å². The van der Waals surface area contributed by atoms with E-state index in [0.29, 0.717) is 0 Å². The van der Waals surface area contributed by atoms with Crippen molar-refractivity contribution >= 4 is 7.57 Å². The van der Waals surface area contributed by atoms with Gasteiger partial charge in [0.25, 0.3) is 0 Å². The van der Waals surface area contributed by atoms with Gasteiger partial charge in [-0.15, -0.1) is 0 Å². The van der Waals surface area contributed by atoms with Gasteiger partial charge >= 0.3 is 31.3 Å². The summed E-state index contributed by atoms with van der Waals surface area (Å²) in [6.07, 6.45) is -13.7. The predicted molar refractivity (Wildman–Crippen MR) is 36.0 cm³/mol. The molecule has 0 saturated heterocycles. The molecule has 0 nitrogen and oxygen atoms in total. The Morgan fingerprint density at radius 1 is 0.588 bits per heavy atom. The zero-order valence-electron chi connectivity index (χ0n) is 7.60. The molecule has 0 amide bonds. The first-order valence-electron chi connectivity index (χ1n) is 3.45. The minimum atomic E-state index is -7.51. The SMILES string of the molecule is C[P+](F)(C(F)(F)C(F)(F)F)C(F)(F)C(F)(F)F. The Morgan fingerprint density at radius 2 is 0.765 bits per heavy atom. The molecular formula is C5H3F11P+. The quantitative estimate of drug-likeness (QED) is 0.506. The van der Waals surface area contributed by atoms with Crippen LogP contribution in [-0.2, 0) is 0 Å². The highest BCUT2D eigenvalue weighted by molar-refractivity contribution is 7.72. The molecule has 17 heavy (non-hydrogen) atoms. The summed E-state index contributed by atoms with van der Waals surface area (Å²) >= 11 is 0. The standard InChI is InChI=1S/C5H3F11P/c1-17(16,4(12,13)2(6,7)8)5(14,15)3(9,10)11/h1H3/q+1. The first kappa shape index (κ1) is 16.7. The minimum Gasteiger partial charge on any atom is -0.161 e. The summed E-state index contributed by atoms with van der Waals surface area (Å²) in [6, 6.07) is 0. The van der Waals surface area contributed by atoms with Crippen molar-refractivity contribution in [3.05, 3.63) is 0 Å². The summed E-state index contributed by atoms with van der Waals surface area (Å²) in [7, 11) is -7.51. The molecule has 0 unspecified atom stereocenters. The van der Waals surface area contributed by atoms with E-state index in [-0.39, 0.29) is 0 Å². The van der Waals surface area contributed by atoms with E-state index in [1.807, 2.05) is 0 Å². The molecule has 0 saturated carbocycles. The van der Waals surface area contributed by atoms with Crippen LogP contribution in [0.4, 0.5) is 48.1 Å². The van der Waals surface area contributed by atoms with Crippen molar-refractivity contribution in [3.8, 4) is 0 Å². The third kappa shape index (κ3) is 2.30. The lowest BCUT2D eigenvalue weighted by atomic mass is 10.7. The highest BCUT2D eigenvalue weighted by Crippen LogP contribution is 2.83. The average molecular weight is 303 g/mol. The maximum Gasteiger partial charge on any atom is 0.497 e. The van der Waals surface area contributed by atoms with E-state index in [9.17, 15) is 48.1 Å². The molecule has 0 radical (unpaired) electrons. The van der Waals surface area contributed by atoms with Crippen molar-refractivity contribution in [2.24, 2.45) is 0 Å². The maximum absolute atomic E-state index is 12.8. The van der Waals surface area contributed by atoms with Gasteiger partial charge in [-0.1, -0.05) is 4.20 Å². The average Bonchev–Trinajstić information content (AvgIpc) is 1.98. The van der Waals surface area contributed by atoms with E-state index in [4.69, 9.17) is 0 Å². The molecule has 0 rings (SSSR count). The van der Waals surface area contributed by atoms with Crippen LogP contribution in [0.25, 0.3) is 0 Å². The molecule has 0 atom stereocenters. The van der Waals surface area contributed by atoms with Crippen LogP contribution < -0.4 is 0 Å². The monoisotopic (exact) mass is 303 g/mol. The van der Waals surface area contributed by atoms with Crippen LogP contribution in [0.3, 0.4) is 0 Å². The highest BCUT2D eigenvalue weighted by Gasteiger charge is 2.92. The van der Waals surface area contributed by atoms with E-state index in [2.05, 4.69) is 0 Å². The van der Waals surface area contributed by atoms with Gasteiger partial charge in [-0.05, 0) is 0 Å². The summed E-state index contributed by atoms with van der Waals surface area (Å²) in [5.74, 6) is 0. The molecular weight excluding hydrogens is 300 g/mol. The number of halogens is 11. The van der Waals surface area contributed by atoms with Gasteiger partial charge in [-0.2, -0.15) is 43.9 Å². The van der Waals surface area contributed by atoms with Crippen molar-refractivity contribution in [2.75, 3.05) is 6.66 Å². The summed E-state index contributed by atoms with van der Waals surface area (Å²) in [5, 5.41) is 0. The van der Waals surface area contributed by atoms with Gasteiger partial charge < -0.3 is 0 Å². The number of rotatable bonds is 2. The Kier molecular flexibility index (Phi) is 3.75. The molecule has 0 aliphatic rings. The van der Waals surface area contributed by atoms with Crippen LogP contribution >= 0.6 is 7.57 Å². The first-order valence-corrected chi connectivity index (χ1v) is 5.58. The summed E-state index contributed by atoms with van der Waals surface area (Å²) in [4.78, 5) is 0. The Labute approximate surface area is 87.2 Å². The Balaban J connectivity index is 5.73. The molecule has 104 valence electrons. The van der Waals surface area contributed by atoms with Crippen LogP contribution in [0, 0.1) is 0 Å². The van der Waals surface area contributed by atoms with Crippen molar-refractivity contribution in [1.29, 1.82) is 0 Å². The zero-order chi connectivity index (χ0) is 14.5. The van der Waals surface area contributed by atoms with Crippen LogP contribution in [0.2, 0.25) is 0 Å². The second-order valence-corrected chi connectivity index (χ2v) is 5.89. The fourth-order valence-corrected chi connectivity index (χ4v) is 1.96. The Morgan fingerprint density at radius 3 is 0.882 bits per heavy atom. The summed E-state index contributed by atoms with van der Waals surface area (Å²) < 4.78 is 132. The number of hydrogen-bond acceptors (Lipinski definition) is 0. The van der Waals surface area contributed by atoms with Gasteiger partial charge in [0.2, 0.25) is 0 Å². The smallest absolute Gasteiger partial charge is 0.161 e. The third-order valence-corrected chi connectivity index (χ3v) is 4.35. The lowest BCUT2D eigenvalue weighted by Gasteiger charge is -2.29. The molecule has 0 aromatic rings. The zero-order valence-corrected chi connectivity index (χ0v) is 8.50. The molecule has 0 heterocycles. The van der Waals surface area contributed by atoms with E-state index in [1.165, 1.54) is 0 Å². The lowest BCUT2D eigenvalue weighted by molar-refractivity contribution is -0.267. The van der Waals surface area contributed by atoms with Crippen molar-refractivity contribution < 1.29 is 48.1 Å². The molecule has 0 fully saturated rings. The molecule has 0 aliphatic heterocycles. The fourth-order valence-electron chi connectivity index (χ4n) is 0.653. The maximum atomic E-state index is 12.8. The number of alkyl halides is 10. The van der Waals surface area contributed by atoms with Gasteiger partial charge in [0, 0.05) is 0 Å². The van der Waals surface area contributed by atoms with Crippen molar-refractivity contribution in [1.82, 2.24) is 0 Å². The summed E-state index contributed by atoms with van der Waals surface area (Å²) in [5.41, 5.74) is -13.5. The molecule has 0 aliphatic carbocycles. The van der Waals surface area contributed by atoms with Crippen LogP contribution in [0.5, 0.6) is 0 Å². The van der Waals surface area contributed by atoms with E-state index < -0.39 is 37.9 Å². The second-order valence-electron chi connectivity index (χ2n) is 2.98. The molecule has 0 bridgehead atoms. The minimum absolute atomic E-state index is 1.05. The van der Waals surface area contributed by atoms with Crippen molar-refractivity contribution in [2.45, 2.75) is 23.7 Å². The Hall–Kier alpha value is -0.340.